The molecule has 0 aliphatic carbocycles. The molecule has 7 heteroatoms. The van der Waals surface area contributed by atoms with Gasteiger partial charge < -0.3 is 20.1 Å². The first kappa shape index (κ1) is 16.4. The van der Waals surface area contributed by atoms with Crippen molar-refractivity contribution in [3.63, 3.8) is 0 Å². The van der Waals surface area contributed by atoms with Crippen LogP contribution in [-0.2, 0) is 9.53 Å². The highest BCUT2D eigenvalue weighted by Gasteiger charge is 2.38. The van der Waals surface area contributed by atoms with E-state index in [2.05, 4.69) is 15.2 Å². The molecule has 0 spiro atoms. The number of ether oxygens (including phenoxy) is 1. The number of Topliss-reactive ketones (excluding diaryl/α,β-unsaturated/α-hetero) is 1. The lowest BCUT2D eigenvalue weighted by atomic mass is 9.92. The van der Waals surface area contributed by atoms with Crippen molar-refractivity contribution in [2.75, 3.05) is 32.1 Å². The average molecular weight is 331 g/mol. The van der Waals surface area contributed by atoms with Crippen LogP contribution in [0.5, 0.6) is 0 Å². The number of carbonyl (C=O) groups is 2. The normalized spacial score (nSPS) is 23.5. The summed E-state index contributed by atoms with van der Waals surface area (Å²) >= 11 is 0. The zero-order valence-electron chi connectivity index (χ0n) is 13.8. The summed E-state index contributed by atoms with van der Waals surface area (Å²) in [5.41, 5.74) is 1.78. The van der Waals surface area contributed by atoms with Crippen molar-refractivity contribution in [3.05, 3.63) is 23.8 Å². The van der Waals surface area contributed by atoms with Gasteiger partial charge in [0.15, 0.2) is 11.7 Å². The molecular formula is C17H21N3O4. The molecule has 1 aromatic carbocycles. The predicted octanol–water partition coefficient (Wildman–Crippen LogP) is 1.45. The lowest BCUT2D eigenvalue weighted by Crippen LogP contribution is -2.44. The lowest BCUT2D eigenvalue weighted by molar-refractivity contribution is -0.138. The van der Waals surface area contributed by atoms with Crippen LogP contribution in [-0.4, -0.2) is 56.0 Å². The topological polar surface area (TPSA) is 91.2 Å². The van der Waals surface area contributed by atoms with Gasteiger partial charge in [0.1, 0.15) is 0 Å². The molecule has 1 fully saturated rings. The third-order valence-corrected chi connectivity index (χ3v) is 4.64. The van der Waals surface area contributed by atoms with E-state index < -0.39 is 17.7 Å². The number of piperidine rings is 1. The van der Waals surface area contributed by atoms with Gasteiger partial charge in [-0.3, -0.25) is 9.59 Å². The maximum absolute atomic E-state index is 12.4. The summed E-state index contributed by atoms with van der Waals surface area (Å²) < 4.78 is 5.04. The SMILES string of the molecule is CNC1CCCN(c2ccc3c(c2)N=C(OC)C(C(=O)O)C3=O)C1. The van der Waals surface area contributed by atoms with Crippen molar-refractivity contribution in [3.8, 4) is 0 Å². The van der Waals surface area contributed by atoms with Crippen LogP contribution in [0.4, 0.5) is 11.4 Å². The zero-order chi connectivity index (χ0) is 17.3. The lowest BCUT2D eigenvalue weighted by Gasteiger charge is -2.34. The summed E-state index contributed by atoms with van der Waals surface area (Å²) in [4.78, 5) is 30.3. The molecule has 0 amide bonds. The number of nitrogens with one attached hydrogen (secondary N) is 1. The second-order valence-electron chi connectivity index (χ2n) is 6.06. The minimum atomic E-state index is -1.36. The molecule has 2 N–H and O–H groups in total. The third kappa shape index (κ3) is 2.87. The summed E-state index contributed by atoms with van der Waals surface area (Å²) in [5, 5.41) is 12.6. The molecule has 2 atom stereocenters. The zero-order valence-corrected chi connectivity index (χ0v) is 13.8. The fourth-order valence-corrected chi connectivity index (χ4v) is 3.30. The van der Waals surface area contributed by atoms with E-state index >= 15 is 0 Å². The van der Waals surface area contributed by atoms with E-state index in [1.54, 1.807) is 6.07 Å². The molecular weight excluding hydrogens is 310 g/mol. The van der Waals surface area contributed by atoms with Crippen molar-refractivity contribution in [2.45, 2.75) is 18.9 Å². The van der Waals surface area contributed by atoms with Gasteiger partial charge in [-0.25, -0.2) is 4.99 Å². The molecule has 2 aliphatic heterocycles. The Morgan fingerprint density at radius 1 is 1.46 bits per heavy atom. The standard InChI is InChI=1S/C17H21N3O4/c1-18-10-4-3-7-20(9-10)11-5-6-12-13(8-11)19-16(24-2)14(15(12)21)17(22)23/h5-6,8,10,14,18H,3-4,7,9H2,1-2H3,(H,22,23). The highest BCUT2D eigenvalue weighted by atomic mass is 16.5. The number of fused-ring (bicyclic) bond motifs is 1. The molecule has 2 unspecified atom stereocenters. The molecule has 1 saturated heterocycles. The van der Waals surface area contributed by atoms with Gasteiger partial charge in [-0.2, -0.15) is 0 Å². The highest BCUT2D eigenvalue weighted by Crippen LogP contribution is 2.33. The van der Waals surface area contributed by atoms with E-state index in [-0.39, 0.29) is 5.90 Å². The number of ketones is 1. The number of nitrogens with zero attached hydrogens (tertiary/aromatic N) is 2. The van der Waals surface area contributed by atoms with E-state index in [0.29, 0.717) is 17.3 Å². The van der Waals surface area contributed by atoms with Gasteiger partial charge in [0.05, 0.1) is 12.8 Å². The second kappa shape index (κ2) is 6.60. The number of hydrogen-bond acceptors (Lipinski definition) is 6. The number of carbonyl (C=O) groups excluding carboxylic acids is 1. The summed E-state index contributed by atoms with van der Waals surface area (Å²) in [5.74, 6) is -3.16. The van der Waals surface area contributed by atoms with E-state index in [0.717, 1.165) is 31.6 Å². The van der Waals surface area contributed by atoms with Crippen LogP contribution >= 0.6 is 0 Å². The molecule has 0 bridgehead atoms. The van der Waals surface area contributed by atoms with E-state index in [4.69, 9.17) is 4.74 Å². The Bertz CT molecular complexity index is 701. The quantitative estimate of drug-likeness (QED) is 0.815. The maximum atomic E-state index is 12.4. The number of aliphatic imine (C=N–C) groups is 1. The Kier molecular flexibility index (Phi) is 4.53. The smallest absolute Gasteiger partial charge is 0.324 e. The Labute approximate surface area is 140 Å². The molecule has 0 saturated carbocycles. The Morgan fingerprint density at radius 2 is 2.25 bits per heavy atom. The molecule has 0 radical (unpaired) electrons. The van der Waals surface area contributed by atoms with Gasteiger partial charge in [0, 0.05) is 30.4 Å². The van der Waals surface area contributed by atoms with Crippen molar-refractivity contribution in [2.24, 2.45) is 10.9 Å². The molecule has 2 aliphatic rings. The van der Waals surface area contributed by atoms with Crippen LogP contribution in [0.15, 0.2) is 23.2 Å². The second-order valence-corrected chi connectivity index (χ2v) is 6.06. The highest BCUT2D eigenvalue weighted by molar-refractivity contribution is 6.25. The third-order valence-electron chi connectivity index (χ3n) is 4.64. The molecule has 1 aromatic rings. The Balaban J connectivity index is 1.94. The minimum absolute atomic E-state index is 0.0658. The van der Waals surface area contributed by atoms with E-state index in [1.165, 1.54) is 7.11 Å². The Morgan fingerprint density at radius 3 is 2.92 bits per heavy atom. The number of anilines is 1. The molecule has 0 aromatic heterocycles. The first-order valence-corrected chi connectivity index (χ1v) is 8.01. The number of aliphatic carboxylic acids is 1. The van der Waals surface area contributed by atoms with Crippen LogP contribution in [0.3, 0.4) is 0 Å². The summed E-state index contributed by atoms with van der Waals surface area (Å²) in [6.45, 7) is 1.84. The van der Waals surface area contributed by atoms with Crippen molar-refractivity contribution < 1.29 is 19.4 Å². The molecule has 3 rings (SSSR count). The first-order valence-electron chi connectivity index (χ1n) is 8.01. The van der Waals surface area contributed by atoms with Gasteiger partial charge in [0.2, 0.25) is 5.90 Å². The van der Waals surface area contributed by atoms with Crippen molar-refractivity contribution in [1.29, 1.82) is 0 Å². The van der Waals surface area contributed by atoms with Crippen LogP contribution in [0.2, 0.25) is 0 Å². The van der Waals surface area contributed by atoms with Gasteiger partial charge in [-0.15, -0.1) is 0 Å². The number of methoxy groups -OCH3 is 1. The van der Waals surface area contributed by atoms with Crippen LogP contribution in [0, 0.1) is 5.92 Å². The minimum Gasteiger partial charge on any atom is -0.483 e. The largest absolute Gasteiger partial charge is 0.483 e. The summed E-state index contributed by atoms with van der Waals surface area (Å²) in [7, 11) is 3.29. The number of hydrogen-bond donors (Lipinski definition) is 2. The number of carboxylic acid groups (broad SMARTS) is 1. The van der Waals surface area contributed by atoms with Crippen molar-refractivity contribution in [1.82, 2.24) is 5.32 Å². The number of carboxylic acids is 1. The molecule has 24 heavy (non-hydrogen) atoms. The fraction of sp³-hybridized carbons (Fsp3) is 0.471. The summed E-state index contributed by atoms with van der Waals surface area (Å²) in [6.07, 6.45) is 2.23. The molecule has 2 heterocycles. The fourth-order valence-electron chi connectivity index (χ4n) is 3.30. The van der Waals surface area contributed by atoms with Crippen LogP contribution < -0.4 is 10.2 Å². The van der Waals surface area contributed by atoms with Crippen LogP contribution in [0.1, 0.15) is 23.2 Å². The summed E-state index contributed by atoms with van der Waals surface area (Å²) in [6, 6.07) is 5.80. The maximum Gasteiger partial charge on any atom is 0.324 e. The van der Waals surface area contributed by atoms with E-state index in [9.17, 15) is 14.7 Å². The average Bonchev–Trinajstić information content (AvgIpc) is 2.60. The van der Waals surface area contributed by atoms with Gasteiger partial charge >= 0.3 is 5.97 Å². The van der Waals surface area contributed by atoms with E-state index in [1.807, 2.05) is 19.2 Å². The number of likely N-dealkylation sites (N-methyl/N-ethyl adjacent to an activating group) is 1. The number of benzene rings is 1. The van der Waals surface area contributed by atoms with Gasteiger partial charge in [0.25, 0.3) is 0 Å². The monoisotopic (exact) mass is 331 g/mol. The Hall–Kier alpha value is -2.41. The molecule has 7 nitrogen and oxygen atoms in total. The first-order chi connectivity index (χ1) is 11.5. The molecule has 128 valence electrons. The predicted molar refractivity (Wildman–Crippen MR) is 90.3 cm³/mol. The van der Waals surface area contributed by atoms with Crippen LogP contribution in [0.25, 0.3) is 0 Å². The van der Waals surface area contributed by atoms with Gasteiger partial charge in [-0.05, 0) is 38.1 Å². The number of rotatable bonds is 3. The van der Waals surface area contributed by atoms with Gasteiger partial charge in [-0.1, -0.05) is 0 Å². The van der Waals surface area contributed by atoms with Crippen molar-refractivity contribution >= 4 is 29.0 Å².